The summed E-state index contributed by atoms with van der Waals surface area (Å²) in [6, 6.07) is 9.24. The molecule has 0 aliphatic rings. The molecular weight excluding hydrogens is 238 g/mol. The third kappa shape index (κ3) is 4.94. The van der Waals surface area contributed by atoms with E-state index in [1.54, 1.807) is 0 Å². The Labute approximate surface area is 104 Å². The number of hydroxylamine groups is 2. The van der Waals surface area contributed by atoms with Gasteiger partial charge in [0.05, 0.1) is 6.54 Å². The second kappa shape index (κ2) is 7.41. The van der Waals surface area contributed by atoms with Gasteiger partial charge in [-0.25, -0.2) is 9.86 Å². The Hall–Kier alpha value is -1.92. The zero-order chi connectivity index (χ0) is 13.4. The molecular formula is C12H15NO5. The summed E-state index contributed by atoms with van der Waals surface area (Å²) >= 11 is 0. The van der Waals surface area contributed by atoms with Crippen molar-refractivity contribution in [3.63, 3.8) is 0 Å². The number of amides is 1. The molecule has 0 heterocycles. The molecule has 0 unspecified atom stereocenters. The summed E-state index contributed by atoms with van der Waals surface area (Å²) in [4.78, 5) is 26.2. The lowest BCUT2D eigenvalue weighted by Gasteiger charge is -2.17. The van der Waals surface area contributed by atoms with E-state index in [2.05, 4.69) is 0 Å². The molecule has 0 saturated carbocycles. The Morgan fingerprint density at radius 1 is 1.39 bits per heavy atom. The van der Waals surface area contributed by atoms with E-state index >= 15 is 0 Å². The third-order valence-corrected chi connectivity index (χ3v) is 2.27. The highest BCUT2D eigenvalue weighted by Gasteiger charge is 2.14. The largest absolute Gasteiger partial charge is 0.479 e. The van der Waals surface area contributed by atoms with Crippen LogP contribution in [-0.4, -0.2) is 40.3 Å². The third-order valence-electron chi connectivity index (χ3n) is 2.27. The zero-order valence-electron chi connectivity index (χ0n) is 9.73. The first kappa shape index (κ1) is 14.1. The molecule has 1 rings (SSSR count). The summed E-state index contributed by atoms with van der Waals surface area (Å²) in [6.07, 6.45) is -1.12. The van der Waals surface area contributed by atoms with E-state index < -0.39 is 12.1 Å². The van der Waals surface area contributed by atoms with E-state index in [0.29, 0.717) is 6.41 Å². The van der Waals surface area contributed by atoms with Gasteiger partial charge in [-0.3, -0.25) is 9.63 Å². The van der Waals surface area contributed by atoms with E-state index in [-0.39, 0.29) is 19.6 Å². The van der Waals surface area contributed by atoms with Gasteiger partial charge in [0, 0.05) is 6.42 Å². The van der Waals surface area contributed by atoms with Crippen molar-refractivity contribution in [2.24, 2.45) is 0 Å². The average Bonchev–Trinajstić information content (AvgIpc) is 2.39. The molecule has 1 amide bonds. The van der Waals surface area contributed by atoms with Crippen LogP contribution >= 0.6 is 0 Å². The number of aliphatic hydroxyl groups is 1. The Morgan fingerprint density at radius 2 is 2.06 bits per heavy atom. The van der Waals surface area contributed by atoms with E-state index in [1.807, 2.05) is 30.3 Å². The highest BCUT2D eigenvalue weighted by Crippen LogP contribution is 2.03. The zero-order valence-corrected chi connectivity index (χ0v) is 9.73. The number of hydrogen-bond acceptors (Lipinski definition) is 4. The van der Waals surface area contributed by atoms with Gasteiger partial charge in [-0.05, 0) is 5.56 Å². The number of carboxylic acid groups (broad SMARTS) is 1. The molecule has 6 nitrogen and oxygen atoms in total. The van der Waals surface area contributed by atoms with Gasteiger partial charge in [0.25, 0.3) is 0 Å². The maximum atomic E-state index is 10.7. The fraction of sp³-hybridized carbons (Fsp3) is 0.333. The summed E-state index contributed by atoms with van der Waals surface area (Å²) in [5.74, 6) is -1.32. The van der Waals surface area contributed by atoms with Gasteiger partial charge < -0.3 is 10.2 Å². The van der Waals surface area contributed by atoms with Gasteiger partial charge in [0.1, 0.15) is 6.61 Å². The number of benzene rings is 1. The van der Waals surface area contributed by atoms with Crippen LogP contribution < -0.4 is 0 Å². The fourth-order valence-electron chi connectivity index (χ4n) is 1.25. The summed E-state index contributed by atoms with van der Waals surface area (Å²) in [5.41, 5.74) is 0.892. The predicted molar refractivity (Wildman–Crippen MR) is 62.3 cm³/mol. The lowest BCUT2D eigenvalue weighted by atomic mass is 10.2. The van der Waals surface area contributed by atoms with Gasteiger partial charge in [-0.2, -0.15) is 0 Å². The first-order valence-electron chi connectivity index (χ1n) is 5.43. The molecule has 18 heavy (non-hydrogen) atoms. The van der Waals surface area contributed by atoms with Crippen molar-refractivity contribution < 1.29 is 24.6 Å². The Kier molecular flexibility index (Phi) is 5.83. The monoisotopic (exact) mass is 253 g/mol. The molecule has 0 spiro atoms. The number of carbonyl (C=O) groups excluding carboxylic acids is 1. The number of carbonyl (C=O) groups is 2. The van der Waals surface area contributed by atoms with E-state index in [1.165, 1.54) is 0 Å². The van der Waals surface area contributed by atoms with Crippen LogP contribution in [0.15, 0.2) is 30.3 Å². The molecule has 1 aromatic carbocycles. The second-order valence-corrected chi connectivity index (χ2v) is 3.65. The number of rotatable bonds is 8. The van der Waals surface area contributed by atoms with Crippen LogP contribution in [0.4, 0.5) is 0 Å². The average molecular weight is 253 g/mol. The Bertz CT molecular complexity index is 381. The van der Waals surface area contributed by atoms with Gasteiger partial charge in [-0.15, -0.1) is 0 Å². The van der Waals surface area contributed by atoms with Crippen LogP contribution in [-0.2, 0) is 21.0 Å². The second-order valence-electron chi connectivity index (χ2n) is 3.65. The minimum absolute atomic E-state index is 0.0177. The fourth-order valence-corrected chi connectivity index (χ4v) is 1.25. The lowest BCUT2D eigenvalue weighted by molar-refractivity contribution is -0.180. The van der Waals surface area contributed by atoms with Gasteiger partial charge >= 0.3 is 5.97 Å². The molecule has 98 valence electrons. The van der Waals surface area contributed by atoms with Crippen LogP contribution in [0.1, 0.15) is 12.0 Å². The van der Waals surface area contributed by atoms with Gasteiger partial charge in [0.2, 0.25) is 6.41 Å². The standard InChI is InChI=1S/C12H15NO5/c14-9-13(7-6-11(15)12(16)17)18-8-10-4-2-1-3-5-10/h1-5,9,11,15H,6-8H2,(H,16,17)/t11-/m0/s1. The van der Waals surface area contributed by atoms with Crippen LogP contribution in [0.2, 0.25) is 0 Å². The minimum Gasteiger partial charge on any atom is -0.479 e. The smallest absolute Gasteiger partial charge is 0.332 e. The number of aliphatic carboxylic acids is 1. The predicted octanol–water partition coefficient (Wildman–Crippen LogP) is 0.412. The first-order chi connectivity index (χ1) is 8.63. The molecule has 0 radical (unpaired) electrons. The number of aliphatic hydroxyl groups excluding tert-OH is 1. The summed E-state index contributed by atoms with van der Waals surface area (Å²) < 4.78 is 0. The van der Waals surface area contributed by atoms with E-state index in [0.717, 1.165) is 10.6 Å². The van der Waals surface area contributed by atoms with Crippen LogP contribution in [0.5, 0.6) is 0 Å². The molecule has 6 heteroatoms. The van der Waals surface area contributed by atoms with E-state index in [9.17, 15) is 9.59 Å². The molecule has 0 aliphatic heterocycles. The molecule has 0 aliphatic carbocycles. The highest BCUT2D eigenvalue weighted by molar-refractivity contribution is 5.71. The summed E-state index contributed by atoms with van der Waals surface area (Å²) in [7, 11) is 0. The molecule has 0 saturated heterocycles. The van der Waals surface area contributed by atoms with Crippen molar-refractivity contribution in [1.82, 2.24) is 5.06 Å². The van der Waals surface area contributed by atoms with Crippen molar-refractivity contribution in [2.75, 3.05) is 6.54 Å². The number of hydrogen-bond donors (Lipinski definition) is 2. The van der Waals surface area contributed by atoms with Crippen molar-refractivity contribution >= 4 is 12.4 Å². The topological polar surface area (TPSA) is 87.1 Å². The minimum atomic E-state index is -1.49. The van der Waals surface area contributed by atoms with Gasteiger partial charge in [0.15, 0.2) is 6.10 Å². The molecule has 2 N–H and O–H groups in total. The highest BCUT2D eigenvalue weighted by atomic mass is 16.7. The summed E-state index contributed by atoms with van der Waals surface area (Å²) in [5, 5.41) is 18.5. The Balaban J connectivity index is 2.34. The van der Waals surface area contributed by atoms with Crippen molar-refractivity contribution in [1.29, 1.82) is 0 Å². The Morgan fingerprint density at radius 3 is 2.61 bits per heavy atom. The van der Waals surface area contributed by atoms with Gasteiger partial charge in [-0.1, -0.05) is 30.3 Å². The maximum Gasteiger partial charge on any atom is 0.332 e. The number of carboxylic acids is 1. The van der Waals surface area contributed by atoms with Crippen LogP contribution in [0.25, 0.3) is 0 Å². The van der Waals surface area contributed by atoms with Crippen LogP contribution in [0, 0.1) is 0 Å². The lowest BCUT2D eigenvalue weighted by Crippen LogP contribution is -2.29. The molecule has 0 fully saturated rings. The van der Waals surface area contributed by atoms with Crippen LogP contribution in [0.3, 0.4) is 0 Å². The van der Waals surface area contributed by atoms with Crippen molar-refractivity contribution in [3.05, 3.63) is 35.9 Å². The molecule has 1 aromatic rings. The quantitative estimate of drug-likeness (QED) is 0.517. The van der Waals surface area contributed by atoms with Crippen molar-refractivity contribution in [2.45, 2.75) is 19.1 Å². The molecule has 0 aromatic heterocycles. The normalized spacial score (nSPS) is 11.8. The van der Waals surface area contributed by atoms with Crippen molar-refractivity contribution in [3.8, 4) is 0 Å². The SMILES string of the molecule is O=CN(CC[C@H](O)C(=O)O)OCc1ccccc1. The number of nitrogens with zero attached hydrogens (tertiary/aromatic N) is 1. The summed E-state index contributed by atoms with van der Waals surface area (Å²) in [6.45, 7) is 0.229. The first-order valence-corrected chi connectivity index (χ1v) is 5.43. The molecule has 1 atom stereocenters. The maximum absolute atomic E-state index is 10.7. The molecule has 0 bridgehead atoms. The van der Waals surface area contributed by atoms with E-state index in [4.69, 9.17) is 15.1 Å².